The summed E-state index contributed by atoms with van der Waals surface area (Å²) in [6.07, 6.45) is 0. The van der Waals surface area contributed by atoms with E-state index in [1.165, 1.54) is 11.8 Å². The Bertz CT molecular complexity index is 840. The summed E-state index contributed by atoms with van der Waals surface area (Å²) in [6, 6.07) is 9.20. The molecular weight excluding hydrogens is 394 g/mol. The monoisotopic (exact) mass is 419 g/mol. The van der Waals surface area contributed by atoms with Gasteiger partial charge in [-0.1, -0.05) is 0 Å². The lowest BCUT2D eigenvalue weighted by molar-refractivity contribution is -0.128. The van der Waals surface area contributed by atoms with Crippen LogP contribution in [0.15, 0.2) is 30.3 Å². The van der Waals surface area contributed by atoms with Gasteiger partial charge in [0.1, 0.15) is 34.1 Å². The number of hydrogen-bond donors (Lipinski definition) is 0. The third-order valence-corrected chi connectivity index (χ3v) is 5.95. The van der Waals surface area contributed by atoms with Crippen molar-refractivity contribution in [3.63, 3.8) is 0 Å². The van der Waals surface area contributed by atoms with Gasteiger partial charge in [-0.2, -0.15) is 0 Å². The van der Waals surface area contributed by atoms with Crippen LogP contribution < -0.4 is 23.7 Å². The van der Waals surface area contributed by atoms with Gasteiger partial charge < -0.3 is 28.6 Å². The first-order valence-electron chi connectivity index (χ1n) is 8.97. The van der Waals surface area contributed by atoms with E-state index in [9.17, 15) is 4.79 Å². The molecule has 1 amide bonds. The minimum absolute atomic E-state index is 0.0433. The molecule has 1 aliphatic rings. The van der Waals surface area contributed by atoms with Crippen molar-refractivity contribution >= 4 is 17.7 Å². The van der Waals surface area contributed by atoms with Crippen LogP contribution in [0.1, 0.15) is 16.5 Å². The molecule has 29 heavy (non-hydrogen) atoms. The molecule has 8 heteroatoms. The maximum atomic E-state index is 12.7. The molecule has 0 aliphatic carbocycles. The molecule has 0 radical (unpaired) electrons. The fourth-order valence-electron chi connectivity index (χ4n) is 3.29. The van der Waals surface area contributed by atoms with Gasteiger partial charge in [0.15, 0.2) is 0 Å². The van der Waals surface area contributed by atoms with Crippen molar-refractivity contribution in [2.24, 2.45) is 0 Å². The summed E-state index contributed by atoms with van der Waals surface area (Å²) < 4.78 is 27.2. The van der Waals surface area contributed by atoms with Crippen LogP contribution >= 0.6 is 11.8 Å². The molecule has 1 atom stereocenters. The van der Waals surface area contributed by atoms with Gasteiger partial charge in [0, 0.05) is 24.7 Å². The lowest BCUT2D eigenvalue weighted by atomic mass is 10.1. The number of methoxy groups -OCH3 is 5. The topological polar surface area (TPSA) is 66.5 Å². The van der Waals surface area contributed by atoms with E-state index in [2.05, 4.69) is 0 Å². The average molecular weight is 419 g/mol. The van der Waals surface area contributed by atoms with Crippen molar-refractivity contribution in [1.29, 1.82) is 0 Å². The van der Waals surface area contributed by atoms with Crippen LogP contribution in [0.25, 0.3) is 0 Å². The first-order chi connectivity index (χ1) is 14.0. The number of nitrogens with zero attached hydrogens (tertiary/aromatic N) is 1. The maximum absolute atomic E-state index is 12.7. The van der Waals surface area contributed by atoms with E-state index in [1.807, 2.05) is 17.0 Å². The van der Waals surface area contributed by atoms with Crippen LogP contribution in [0.5, 0.6) is 28.7 Å². The van der Waals surface area contributed by atoms with Crippen LogP contribution in [0, 0.1) is 0 Å². The van der Waals surface area contributed by atoms with E-state index in [0.29, 0.717) is 41.0 Å². The Labute approximate surface area is 174 Å². The summed E-state index contributed by atoms with van der Waals surface area (Å²) in [7, 11) is 7.98. The molecule has 3 rings (SSSR count). The summed E-state index contributed by atoms with van der Waals surface area (Å²) in [5.41, 5.74) is 1.72. The Morgan fingerprint density at radius 3 is 1.83 bits per heavy atom. The quantitative estimate of drug-likeness (QED) is 0.649. The summed E-state index contributed by atoms with van der Waals surface area (Å²) in [4.78, 5) is 14.5. The summed E-state index contributed by atoms with van der Waals surface area (Å²) in [6.45, 7) is 0.405. The van der Waals surface area contributed by atoms with Gasteiger partial charge in [-0.15, -0.1) is 11.8 Å². The number of hydrogen-bond acceptors (Lipinski definition) is 7. The fraction of sp³-hybridized carbons (Fsp3) is 0.381. The van der Waals surface area contributed by atoms with Crippen LogP contribution in [-0.4, -0.2) is 52.1 Å². The zero-order valence-corrected chi connectivity index (χ0v) is 18.0. The molecule has 2 aromatic carbocycles. The van der Waals surface area contributed by atoms with E-state index in [4.69, 9.17) is 23.7 Å². The second kappa shape index (κ2) is 9.17. The number of carbonyl (C=O) groups excluding carboxylic acids is 1. The highest BCUT2D eigenvalue weighted by atomic mass is 32.2. The second-order valence-electron chi connectivity index (χ2n) is 6.35. The molecule has 1 aliphatic heterocycles. The molecule has 7 nitrogen and oxygen atoms in total. The molecule has 2 aromatic rings. The van der Waals surface area contributed by atoms with Crippen molar-refractivity contribution in [2.75, 3.05) is 41.3 Å². The van der Waals surface area contributed by atoms with Crippen molar-refractivity contribution in [3.8, 4) is 28.7 Å². The van der Waals surface area contributed by atoms with Crippen molar-refractivity contribution in [2.45, 2.75) is 11.9 Å². The normalized spacial score (nSPS) is 16.0. The summed E-state index contributed by atoms with van der Waals surface area (Å²) >= 11 is 1.54. The van der Waals surface area contributed by atoms with Gasteiger partial charge in [-0.05, 0) is 17.7 Å². The number of amides is 1. The third kappa shape index (κ3) is 4.32. The van der Waals surface area contributed by atoms with E-state index in [1.54, 1.807) is 53.7 Å². The first-order valence-corrected chi connectivity index (χ1v) is 10.0. The van der Waals surface area contributed by atoms with Crippen LogP contribution in [-0.2, 0) is 11.3 Å². The van der Waals surface area contributed by atoms with Gasteiger partial charge in [0.05, 0.1) is 46.9 Å². The Hall–Kier alpha value is -2.74. The van der Waals surface area contributed by atoms with Gasteiger partial charge in [-0.25, -0.2) is 0 Å². The Balaban J connectivity index is 2.00. The lowest BCUT2D eigenvalue weighted by Gasteiger charge is -2.27. The van der Waals surface area contributed by atoms with Crippen molar-refractivity contribution in [1.82, 2.24) is 4.90 Å². The lowest BCUT2D eigenvalue weighted by Crippen LogP contribution is -2.28. The second-order valence-corrected chi connectivity index (χ2v) is 7.42. The Kier molecular flexibility index (Phi) is 6.64. The van der Waals surface area contributed by atoms with Crippen LogP contribution in [0.2, 0.25) is 0 Å². The molecule has 1 unspecified atom stereocenters. The molecule has 0 N–H and O–H groups in total. The van der Waals surface area contributed by atoms with E-state index in [0.717, 1.165) is 11.1 Å². The number of thioether (sulfide) groups is 1. The highest BCUT2D eigenvalue weighted by Crippen LogP contribution is 2.48. The third-order valence-electron chi connectivity index (χ3n) is 4.73. The van der Waals surface area contributed by atoms with Gasteiger partial charge >= 0.3 is 0 Å². The Morgan fingerprint density at radius 2 is 1.34 bits per heavy atom. The predicted molar refractivity (Wildman–Crippen MR) is 111 cm³/mol. The molecule has 1 heterocycles. The molecule has 1 fully saturated rings. The Morgan fingerprint density at radius 1 is 0.828 bits per heavy atom. The minimum Gasteiger partial charge on any atom is -0.497 e. The van der Waals surface area contributed by atoms with Crippen molar-refractivity contribution in [3.05, 3.63) is 41.5 Å². The SMILES string of the molecule is COc1cc(CN2C(=O)CSC2c2c(OC)cc(OC)cc2OC)cc(OC)c1. The highest BCUT2D eigenvalue weighted by molar-refractivity contribution is 8.00. The fourth-order valence-corrected chi connectivity index (χ4v) is 4.53. The molecule has 0 saturated carbocycles. The number of benzene rings is 2. The van der Waals surface area contributed by atoms with Gasteiger partial charge in [-0.3, -0.25) is 4.79 Å². The number of ether oxygens (including phenoxy) is 5. The molecule has 1 saturated heterocycles. The first kappa shape index (κ1) is 21.0. The predicted octanol–water partition coefficient (Wildman–Crippen LogP) is 3.50. The van der Waals surface area contributed by atoms with E-state index >= 15 is 0 Å². The largest absolute Gasteiger partial charge is 0.497 e. The molecule has 156 valence electrons. The maximum Gasteiger partial charge on any atom is 0.234 e. The molecule has 0 aromatic heterocycles. The minimum atomic E-state index is -0.254. The van der Waals surface area contributed by atoms with Gasteiger partial charge in [0.2, 0.25) is 5.91 Å². The highest BCUT2D eigenvalue weighted by Gasteiger charge is 2.37. The van der Waals surface area contributed by atoms with Crippen LogP contribution in [0.3, 0.4) is 0 Å². The molecule has 0 spiro atoms. The zero-order valence-electron chi connectivity index (χ0n) is 17.2. The number of rotatable bonds is 8. The summed E-state index contributed by atoms with van der Waals surface area (Å²) in [5, 5.41) is -0.254. The van der Waals surface area contributed by atoms with E-state index in [-0.39, 0.29) is 11.3 Å². The standard InChI is InChI=1S/C21H25NO6S/c1-24-14-6-13(7-15(8-14)25-2)11-22-19(23)12-29-21(22)20-17(27-4)9-16(26-3)10-18(20)28-5/h6-10,21H,11-12H2,1-5H3. The van der Waals surface area contributed by atoms with E-state index < -0.39 is 0 Å². The number of carbonyl (C=O) groups is 1. The smallest absolute Gasteiger partial charge is 0.234 e. The van der Waals surface area contributed by atoms with Crippen LogP contribution in [0.4, 0.5) is 0 Å². The zero-order chi connectivity index (χ0) is 21.0. The summed E-state index contributed by atoms with van der Waals surface area (Å²) in [5.74, 6) is 3.62. The van der Waals surface area contributed by atoms with Crippen molar-refractivity contribution < 1.29 is 28.5 Å². The average Bonchev–Trinajstić information content (AvgIpc) is 3.11. The molecular formula is C21H25NO6S. The van der Waals surface area contributed by atoms with Gasteiger partial charge in [0.25, 0.3) is 0 Å². The molecule has 0 bridgehead atoms.